The van der Waals surface area contributed by atoms with Crippen LogP contribution in [0.2, 0.25) is 0 Å². The van der Waals surface area contributed by atoms with Gasteiger partial charge in [-0.15, -0.1) is 0 Å². The monoisotopic (exact) mass is 441 g/mol. The zero-order valence-electron chi connectivity index (χ0n) is 17.5. The van der Waals surface area contributed by atoms with Gasteiger partial charge in [-0.3, -0.25) is 4.79 Å². The summed E-state index contributed by atoms with van der Waals surface area (Å²) in [5.74, 6) is 0.288. The molecule has 0 radical (unpaired) electrons. The highest BCUT2D eigenvalue weighted by atomic mass is 32.2. The molecule has 2 fully saturated rings. The minimum Gasteiger partial charge on any atom is -0.495 e. The van der Waals surface area contributed by atoms with Crippen molar-refractivity contribution in [2.45, 2.75) is 42.4 Å². The van der Waals surface area contributed by atoms with Gasteiger partial charge in [0.25, 0.3) is 0 Å². The molecule has 0 aliphatic carbocycles. The molecule has 1 aromatic carbocycles. The van der Waals surface area contributed by atoms with Gasteiger partial charge in [-0.25, -0.2) is 13.1 Å². The summed E-state index contributed by atoms with van der Waals surface area (Å²) in [6.07, 6.45) is 0.205. The Kier molecular flexibility index (Phi) is 7.70. The van der Waals surface area contributed by atoms with Gasteiger partial charge >= 0.3 is 0 Å². The second kappa shape index (κ2) is 10.1. The van der Waals surface area contributed by atoms with Gasteiger partial charge in [0, 0.05) is 26.2 Å². The lowest BCUT2D eigenvalue weighted by Crippen LogP contribution is -2.52. The average Bonchev–Trinajstić information content (AvgIpc) is 2.75. The summed E-state index contributed by atoms with van der Waals surface area (Å²) in [5.41, 5.74) is 0. The first-order chi connectivity index (χ1) is 14.3. The van der Waals surface area contributed by atoms with Crippen molar-refractivity contribution < 1.29 is 27.8 Å². The molecule has 3 atom stereocenters. The molecule has 0 spiro atoms. The van der Waals surface area contributed by atoms with Crippen LogP contribution >= 0.6 is 0 Å². The van der Waals surface area contributed by atoms with E-state index in [0.29, 0.717) is 25.9 Å². The van der Waals surface area contributed by atoms with Crippen molar-refractivity contribution in [2.75, 3.05) is 46.9 Å². The number of carbonyl (C=O) groups excluding carboxylic acids is 1. The maximum atomic E-state index is 12.8. The van der Waals surface area contributed by atoms with Crippen LogP contribution in [0.5, 0.6) is 5.75 Å². The average molecular weight is 442 g/mol. The first-order valence-corrected chi connectivity index (χ1v) is 11.7. The van der Waals surface area contributed by atoms with E-state index in [1.807, 2.05) is 11.9 Å². The molecule has 3 rings (SSSR count). The van der Waals surface area contributed by atoms with Crippen molar-refractivity contribution >= 4 is 15.9 Å². The van der Waals surface area contributed by atoms with E-state index in [2.05, 4.69) is 9.62 Å². The Labute approximate surface area is 178 Å². The number of carbonyl (C=O) groups is 1. The summed E-state index contributed by atoms with van der Waals surface area (Å²) >= 11 is 0. The highest BCUT2D eigenvalue weighted by molar-refractivity contribution is 7.89. The molecule has 2 saturated heterocycles. The molecule has 1 aromatic rings. The third-order valence-corrected chi connectivity index (χ3v) is 7.25. The number of rotatable bonds is 7. The molecule has 2 N–H and O–H groups in total. The Balaban J connectivity index is 1.60. The molecule has 2 aliphatic heterocycles. The Morgan fingerprint density at radius 3 is 2.60 bits per heavy atom. The van der Waals surface area contributed by atoms with Gasteiger partial charge in [-0.1, -0.05) is 12.1 Å². The quantitative estimate of drug-likeness (QED) is 0.615. The van der Waals surface area contributed by atoms with Gasteiger partial charge in [-0.05, 0) is 32.0 Å². The molecule has 2 heterocycles. The maximum absolute atomic E-state index is 12.8. The largest absolute Gasteiger partial charge is 0.495 e. The molecule has 0 unspecified atom stereocenters. The minimum absolute atomic E-state index is 0.0385. The van der Waals surface area contributed by atoms with Crippen LogP contribution in [0.1, 0.15) is 19.3 Å². The summed E-state index contributed by atoms with van der Waals surface area (Å²) in [6.45, 7) is 2.77. The lowest BCUT2D eigenvalue weighted by molar-refractivity contribution is -0.141. The van der Waals surface area contributed by atoms with Crippen LogP contribution in [0.3, 0.4) is 0 Å². The molecular weight excluding hydrogens is 410 g/mol. The Morgan fingerprint density at radius 1 is 1.23 bits per heavy atom. The number of aliphatic hydroxyl groups excluding tert-OH is 1. The first-order valence-electron chi connectivity index (χ1n) is 10.2. The van der Waals surface area contributed by atoms with Crippen molar-refractivity contribution in [2.24, 2.45) is 0 Å². The lowest BCUT2D eigenvalue weighted by atomic mass is 9.97. The van der Waals surface area contributed by atoms with Crippen LogP contribution in [-0.4, -0.2) is 94.4 Å². The maximum Gasteiger partial charge on any atom is 0.244 e. The number of hydrogen-bond donors (Lipinski definition) is 2. The molecule has 30 heavy (non-hydrogen) atoms. The predicted molar refractivity (Wildman–Crippen MR) is 111 cm³/mol. The summed E-state index contributed by atoms with van der Waals surface area (Å²) in [5, 5.41) is 9.77. The van der Waals surface area contributed by atoms with Crippen LogP contribution in [0, 0.1) is 0 Å². The third-order valence-electron chi connectivity index (χ3n) is 5.72. The molecule has 9 nitrogen and oxygen atoms in total. The number of piperazine rings is 1. The molecule has 0 saturated carbocycles. The summed E-state index contributed by atoms with van der Waals surface area (Å²) in [4.78, 5) is 16.6. The molecule has 1 amide bonds. The van der Waals surface area contributed by atoms with E-state index >= 15 is 0 Å². The normalized spacial score (nSPS) is 25.8. The van der Waals surface area contributed by atoms with E-state index < -0.39 is 22.2 Å². The van der Waals surface area contributed by atoms with Crippen molar-refractivity contribution in [3.63, 3.8) is 0 Å². The SMILES string of the molecule is COc1ccccc1S(=O)(=O)N[C@H]1CC[C@H](CC(=O)N2CCN(C)CC2)O[C@@H]1CO. The number of aliphatic hydroxyl groups is 1. The van der Waals surface area contributed by atoms with Gasteiger partial charge in [-0.2, -0.15) is 0 Å². The molecule has 168 valence electrons. The number of nitrogens with zero attached hydrogens (tertiary/aromatic N) is 2. The van der Waals surface area contributed by atoms with E-state index in [0.717, 1.165) is 13.1 Å². The smallest absolute Gasteiger partial charge is 0.244 e. The number of methoxy groups -OCH3 is 1. The highest BCUT2D eigenvalue weighted by Crippen LogP contribution is 2.27. The zero-order chi connectivity index (χ0) is 21.7. The number of likely N-dealkylation sites (N-methyl/N-ethyl adjacent to an activating group) is 1. The van der Waals surface area contributed by atoms with E-state index in [1.165, 1.54) is 13.2 Å². The number of benzene rings is 1. The third kappa shape index (κ3) is 5.50. The van der Waals surface area contributed by atoms with Gasteiger partial charge in [0.15, 0.2) is 0 Å². The van der Waals surface area contributed by atoms with Crippen molar-refractivity contribution in [3.8, 4) is 5.75 Å². The van der Waals surface area contributed by atoms with E-state index in [-0.39, 0.29) is 35.7 Å². The summed E-state index contributed by atoms with van der Waals surface area (Å²) in [7, 11) is -0.409. The first kappa shape index (κ1) is 23.0. The second-order valence-corrected chi connectivity index (χ2v) is 9.51. The number of hydrogen-bond acceptors (Lipinski definition) is 7. The number of amides is 1. The van der Waals surface area contributed by atoms with Crippen LogP contribution < -0.4 is 9.46 Å². The topological polar surface area (TPSA) is 108 Å². The van der Waals surface area contributed by atoms with Crippen LogP contribution in [0.15, 0.2) is 29.2 Å². The van der Waals surface area contributed by atoms with Crippen LogP contribution in [0.25, 0.3) is 0 Å². The fourth-order valence-corrected chi connectivity index (χ4v) is 5.37. The lowest BCUT2D eigenvalue weighted by Gasteiger charge is -2.37. The molecule has 10 heteroatoms. The summed E-state index contributed by atoms with van der Waals surface area (Å²) in [6, 6.07) is 5.78. The highest BCUT2D eigenvalue weighted by Gasteiger charge is 2.36. The van der Waals surface area contributed by atoms with Gasteiger partial charge in [0.1, 0.15) is 10.6 Å². The van der Waals surface area contributed by atoms with Crippen molar-refractivity contribution in [3.05, 3.63) is 24.3 Å². The van der Waals surface area contributed by atoms with E-state index in [1.54, 1.807) is 18.2 Å². The Hall–Kier alpha value is -1.72. The van der Waals surface area contributed by atoms with Gasteiger partial charge in [0.2, 0.25) is 15.9 Å². The fourth-order valence-electron chi connectivity index (χ4n) is 3.90. The molecule has 2 aliphatic rings. The Morgan fingerprint density at radius 2 is 1.93 bits per heavy atom. The van der Waals surface area contributed by atoms with Crippen LogP contribution in [-0.2, 0) is 19.6 Å². The standard InChI is InChI=1S/C20H31N3O6S/c1-22-9-11-23(12-10-22)20(25)13-15-7-8-16(18(14-24)29-15)21-30(26,27)19-6-4-3-5-17(19)28-2/h3-6,15-16,18,21,24H,7-14H2,1-2H3/t15-,16+,18-/m1/s1. The van der Waals surface area contributed by atoms with Crippen molar-refractivity contribution in [1.29, 1.82) is 0 Å². The molecule has 0 bridgehead atoms. The fraction of sp³-hybridized carbons (Fsp3) is 0.650. The van der Waals surface area contributed by atoms with E-state index in [4.69, 9.17) is 9.47 Å². The number of para-hydroxylation sites is 1. The molecule has 0 aromatic heterocycles. The predicted octanol–water partition coefficient (Wildman–Crippen LogP) is 0.0461. The van der Waals surface area contributed by atoms with Gasteiger partial charge < -0.3 is 24.4 Å². The number of nitrogens with one attached hydrogen (secondary N) is 1. The van der Waals surface area contributed by atoms with Crippen molar-refractivity contribution in [1.82, 2.24) is 14.5 Å². The van der Waals surface area contributed by atoms with E-state index in [9.17, 15) is 18.3 Å². The second-order valence-electron chi connectivity index (χ2n) is 7.82. The summed E-state index contributed by atoms with van der Waals surface area (Å²) < 4.78 is 39.4. The zero-order valence-corrected chi connectivity index (χ0v) is 18.3. The minimum atomic E-state index is -3.85. The molecular formula is C20H31N3O6S. The van der Waals surface area contributed by atoms with Crippen LogP contribution in [0.4, 0.5) is 0 Å². The number of ether oxygens (including phenoxy) is 2. The Bertz CT molecular complexity index is 826. The number of sulfonamides is 1. The van der Waals surface area contributed by atoms with Gasteiger partial charge in [0.05, 0.1) is 38.4 Å².